The monoisotopic (exact) mass is 440 g/mol. The van der Waals surface area contributed by atoms with E-state index < -0.39 is 0 Å². The molecular formula is C24H25ClN2O4. The van der Waals surface area contributed by atoms with Crippen molar-refractivity contribution in [3.05, 3.63) is 76.8 Å². The van der Waals surface area contributed by atoms with Gasteiger partial charge in [0.2, 0.25) is 0 Å². The van der Waals surface area contributed by atoms with Crippen LogP contribution in [0, 0.1) is 6.92 Å². The van der Waals surface area contributed by atoms with E-state index in [1.165, 1.54) is 0 Å². The van der Waals surface area contributed by atoms with Crippen molar-refractivity contribution in [2.24, 2.45) is 0 Å². The Bertz CT molecular complexity index is 1040. The van der Waals surface area contributed by atoms with E-state index in [0.717, 1.165) is 16.9 Å². The fourth-order valence-corrected chi connectivity index (χ4v) is 3.06. The Labute approximate surface area is 187 Å². The molecule has 0 radical (unpaired) electrons. The number of carbonyl (C=O) groups is 1. The van der Waals surface area contributed by atoms with Crippen LogP contribution in [0.5, 0.6) is 17.2 Å². The largest absolute Gasteiger partial charge is 0.493 e. The molecule has 0 bridgehead atoms. The highest BCUT2D eigenvalue weighted by molar-refractivity contribution is 6.30. The molecule has 0 aromatic heterocycles. The lowest BCUT2D eigenvalue weighted by Gasteiger charge is -2.14. The highest BCUT2D eigenvalue weighted by Gasteiger charge is 2.10. The lowest BCUT2D eigenvalue weighted by molar-refractivity contribution is 0.0947. The van der Waals surface area contributed by atoms with Crippen molar-refractivity contribution >= 4 is 28.9 Å². The molecule has 0 saturated heterocycles. The molecule has 0 aliphatic rings. The number of halogens is 1. The molecule has 7 heteroatoms. The van der Waals surface area contributed by atoms with Crippen LogP contribution in [-0.2, 0) is 0 Å². The predicted octanol–water partition coefficient (Wildman–Crippen LogP) is 5.22. The summed E-state index contributed by atoms with van der Waals surface area (Å²) < 4.78 is 16.2. The van der Waals surface area contributed by atoms with Crippen LogP contribution in [0.4, 0.5) is 11.4 Å². The van der Waals surface area contributed by atoms with Crippen LogP contribution in [0.3, 0.4) is 0 Å². The number of methoxy groups -OCH3 is 2. The highest BCUT2D eigenvalue weighted by atomic mass is 35.5. The number of anilines is 2. The Morgan fingerprint density at radius 2 is 1.68 bits per heavy atom. The summed E-state index contributed by atoms with van der Waals surface area (Å²) in [7, 11) is 3.19. The number of ether oxygens (including phenoxy) is 3. The minimum atomic E-state index is -0.171. The summed E-state index contributed by atoms with van der Waals surface area (Å²) in [6.07, 6.45) is 0. The summed E-state index contributed by atoms with van der Waals surface area (Å²) in [6, 6.07) is 18.2. The first-order valence-corrected chi connectivity index (χ1v) is 10.1. The topological polar surface area (TPSA) is 68.8 Å². The SMILES string of the molecule is COc1ccc(Nc2cc(C(=O)NCCOc3ccc(Cl)cc3)ccc2C)cc1OC. The van der Waals surface area contributed by atoms with Crippen molar-refractivity contribution < 1.29 is 19.0 Å². The second-order valence-electron chi connectivity index (χ2n) is 6.78. The van der Waals surface area contributed by atoms with E-state index >= 15 is 0 Å². The fraction of sp³-hybridized carbons (Fsp3) is 0.208. The van der Waals surface area contributed by atoms with Gasteiger partial charge < -0.3 is 24.8 Å². The third kappa shape index (κ3) is 6.06. The molecule has 0 spiro atoms. The first-order valence-electron chi connectivity index (χ1n) is 9.76. The Morgan fingerprint density at radius 1 is 0.935 bits per heavy atom. The molecule has 162 valence electrons. The van der Waals surface area contributed by atoms with E-state index in [1.54, 1.807) is 44.6 Å². The second-order valence-corrected chi connectivity index (χ2v) is 7.22. The van der Waals surface area contributed by atoms with E-state index in [4.69, 9.17) is 25.8 Å². The number of carbonyl (C=O) groups excluding carboxylic acids is 1. The molecule has 0 heterocycles. The zero-order valence-electron chi connectivity index (χ0n) is 17.7. The third-order valence-electron chi connectivity index (χ3n) is 4.63. The Kier molecular flexibility index (Phi) is 7.62. The summed E-state index contributed by atoms with van der Waals surface area (Å²) in [6.45, 7) is 2.72. The lowest BCUT2D eigenvalue weighted by atomic mass is 10.1. The van der Waals surface area contributed by atoms with Gasteiger partial charge in [-0.05, 0) is 61.0 Å². The number of amides is 1. The van der Waals surface area contributed by atoms with E-state index in [9.17, 15) is 4.79 Å². The molecule has 0 saturated carbocycles. The van der Waals surface area contributed by atoms with Gasteiger partial charge in [0, 0.05) is 28.0 Å². The van der Waals surface area contributed by atoms with Gasteiger partial charge in [-0.2, -0.15) is 0 Å². The van der Waals surface area contributed by atoms with Gasteiger partial charge in [-0.25, -0.2) is 0 Å². The van der Waals surface area contributed by atoms with Gasteiger partial charge in [0.05, 0.1) is 20.8 Å². The maximum Gasteiger partial charge on any atom is 0.251 e. The van der Waals surface area contributed by atoms with Crippen LogP contribution in [0.1, 0.15) is 15.9 Å². The Hall–Kier alpha value is -3.38. The molecule has 31 heavy (non-hydrogen) atoms. The van der Waals surface area contributed by atoms with E-state index in [1.807, 2.05) is 37.3 Å². The van der Waals surface area contributed by atoms with Crippen molar-refractivity contribution in [1.82, 2.24) is 5.32 Å². The van der Waals surface area contributed by atoms with Crippen molar-refractivity contribution in [1.29, 1.82) is 0 Å². The van der Waals surface area contributed by atoms with Gasteiger partial charge in [0.1, 0.15) is 12.4 Å². The van der Waals surface area contributed by atoms with Gasteiger partial charge in [-0.1, -0.05) is 17.7 Å². The summed E-state index contributed by atoms with van der Waals surface area (Å²) in [5.74, 6) is 1.81. The van der Waals surface area contributed by atoms with Crippen LogP contribution >= 0.6 is 11.6 Å². The van der Waals surface area contributed by atoms with E-state index in [2.05, 4.69) is 10.6 Å². The van der Waals surface area contributed by atoms with Crippen molar-refractivity contribution in [3.63, 3.8) is 0 Å². The highest BCUT2D eigenvalue weighted by Crippen LogP contribution is 2.32. The molecule has 0 fully saturated rings. The van der Waals surface area contributed by atoms with Crippen molar-refractivity contribution in [2.45, 2.75) is 6.92 Å². The standard InChI is InChI=1S/C24H25ClN2O4/c1-16-4-5-17(24(28)26-12-13-31-20-9-6-18(25)7-10-20)14-21(16)27-19-8-11-22(29-2)23(15-19)30-3/h4-11,14-15,27H,12-13H2,1-3H3,(H,26,28). The normalized spacial score (nSPS) is 10.3. The molecule has 2 N–H and O–H groups in total. The summed E-state index contributed by atoms with van der Waals surface area (Å²) in [5, 5.41) is 6.86. The van der Waals surface area contributed by atoms with Crippen LogP contribution in [0.15, 0.2) is 60.7 Å². The quantitative estimate of drug-likeness (QED) is 0.446. The van der Waals surface area contributed by atoms with E-state index in [-0.39, 0.29) is 5.91 Å². The van der Waals surface area contributed by atoms with Crippen LogP contribution in [0.25, 0.3) is 0 Å². The van der Waals surface area contributed by atoms with Crippen LogP contribution in [0.2, 0.25) is 5.02 Å². The van der Waals surface area contributed by atoms with Gasteiger partial charge in [0.15, 0.2) is 11.5 Å². The number of hydrogen-bond acceptors (Lipinski definition) is 5. The number of hydrogen-bond donors (Lipinski definition) is 2. The zero-order valence-corrected chi connectivity index (χ0v) is 18.5. The third-order valence-corrected chi connectivity index (χ3v) is 4.88. The van der Waals surface area contributed by atoms with Crippen molar-refractivity contribution in [2.75, 3.05) is 32.7 Å². The first kappa shape index (κ1) is 22.3. The van der Waals surface area contributed by atoms with Crippen LogP contribution < -0.4 is 24.8 Å². The number of rotatable bonds is 9. The van der Waals surface area contributed by atoms with Crippen molar-refractivity contribution in [3.8, 4) is 17.2 Å². The average Bonchev–Trinajstić information content (AvgIpc) is 2.79. The van der Waals surface area contributed by atoms with Gasteiger partial charge in [0.25, 0.3) is 5.91 Å². The molecule has 0 aliphatic heterocycles. The van der Waals surface area contributed by atoms with Gasteiger partial charge in [-0.3, -0.25) is 4.79 Å². The maximum absolute atomic E-state index is 12.6. The Balaban J connectivity index is 1.60. The molecule has 0 atom stereocenters. The summed E-state index contributed by atoms with van der Waals surface area (Å²) in [4.78, 5) is 12.6. The second kappa shape index (κ2) is 10.6. The molecule has 0 unspecified atom stereocenters. The number of aryl methyl sites for hydroxylation is 1. The van der Waals surface area contributed by atoms with Crippen LogP contribution in [-0.4, -0.2) is 33.3 Å². The summed E-state index contributed by atoms with van der Waals surface area (Å²) >= 11 is 5.86. The molecule has 3 rings (SSSR count). The smallest absolute Gasteiger partial charge is 0.251 e. The molecule has 3 aromatic rings. The minimum Gasteiger partial charge on any atom is -0.493 e. The Morgan fingerprint density at radius 3 is 2.39 bits per heavy atom. The lowest BCUT2D eigenvalue weighted by Crippen LogP contribution is -2.28. The molecule has 1 amide bonds. The fourth-order valence-electron chi connectivity index (χ4n) is 2.93. The van der Waals surface area contributed by atoms with Gasteiger partial charge in [-0.15, -0.1) is 0 Å². The van der Waals surface area contributed by atoms with Gasteiger partial charge >= 0.3 is 0 Å². The minimum absolute atomic E-state index is 0.171. The van der Waals surface area contributed by atoms with E-state index in [0.29, 0.717) is 41.0 Å². The first-order chi connectivity index (χ1) is 15.0. The number of benzene rings is 3. The average molecular weight is 441 g/mol. The molecule has 0 aliphatic carbocycles. The number of nitrogens with one attached hydrogen (secondary N) is 2. The predicted molar refractivity (Wildman–Crippen MR) is 123 cm³/mol. The zero-order chi connectivity index (χ0) is 22.2. The molecule has 3 aromatic carbocycles. The maximum atomic E-state index is 12.6. The molecular weight excluding hydrogens is 416 g/mol. The molecule has 6 nitrogen and oxygen atoms in total. The summed E-state index contributed by atoms with van der Waals surface area (Å²) in [5.41, 5.74) is 3.23.